The SMILES string of the molecule is COC(=O)[C@@]12CN(S(=O)(=O)c3cccc(C#N)c3)C[C@@H]1C(C)(C)C2. The number of ether oxygens (including phenoxy) is 1. The number of sulfonamides is 1. The summed E-state index contributed by atoms with van der Waals surface area (Å²) >= 11 is 0. The number of methoxy groups -OCH3 is 1. The first-order chi connectivity index (χ1) is 11.2. The molecule has 0 spiro atoms. The van der Waals surface area contributed by atoms with Gasteiger partial charge in [-0.2, -0.15) is 9.57 Å². The summed E-state index contributed by atoms with van der Waals surface area (Å²) in [4.78, 5) is 12.4. The molecular weight excluding hydrogens is 328 g/mol. The average molecular weight is 348 g/mol. The van der Waals surface area contributed by atoms with Gasteiger partial charge in [0, 0.05) is 13.1 Å². The van der Waals surface area contributed by atoms with E-state index in [2.05, 4.69) is 0 Å². The van der Waals surface area contributed by atoms with E-state index in [9.17, 15) is 13.2 Å². The van der Waals surface area contributed by atoms with Gasteiger partial charge in [-0.1, -0.05) is 19.9 Å². The van der Waals surface area contributed by atoms with Gasteiger partial charge in [-0.3, -0.25) is 4.79 Å². The van der Waals surface area contributed by atoms with Crippen LogP contribution in [0.2, 0.25) is 0 Å². The van der Waals surface area contributed by atoms with Crippen molar-refractivity contribution in [1.29, 1.82) is 5.26 Å². The van der Waals surface area contributed by atoms with Crippen molar-refractivity contribution in [2.24, 2.45) is 16.7 Å². The van der Waals surface area contributed by atoms with Gasteiger partial charge in [-0.25, -0.2) is 8.42 Å². The Morgan fingerprint density at radius 1 is 1.42 bits per heavy atom. The second-order valence-electron chi connectivity index (χ2n) is 7.30. The van der Waals surface area contributed by atoms with Gasteiger partial charge in [0.1, 0.15) is 0 Å². The molecule has 1 heterocycles. The Morgan fingerprint density at radius 2 is 2.12 bits per heavy atom. The Morgan fingerprint density at radius 3 is 2.71 bits per heavy atom. The van der Waals surface area contributed by atoms with Crippen LogP contribution in [-0.4, -0.2) is 38.9 Å². The van der Waals surface area contributed by atoms with E-state index in [1.54, 1.807) is 12.1 Å². The predicted octanol–water partition coefficient (Wildman–Crippen LogP) is 1.77. The minimum Gasteiger partial charge on any atom is -0.469 e. The molecule has 0 N–H and O–H groups in total. The molecule has 0 aromatic heterocycles. The van der Waals surface area contributed by atoms with Crippen LogP contribution in [0.3, 0.4) is 0 Å². The first-order valence-corrected chi connectivity index (χ1v) is 9.20. The number of fused-ring (bicyclic) bond motifs is 1. The molecule has 7 heteroatoms. The molecule has 3 rings (SSSR count). The maximum Gasteiger partial charge on any atom is 0.313 e. The number of carbonyl (C=O) groups excluding carboxylic acids is 1. The molecule has 128 valence electrons. The van der Waals surface area contributed by atoms with Gasteiger partial charge in [0.05, 0.1) is 29.1 Å². The van der Waals surface area contributed by atoms with Crippen molar-refractivity contribution in [1.82, 2.24) is 4.31 Å². The zero-order valence-corrected chi connectivity index (χ0v) is 14.8. The molecule has 2 atom stereocenters. The van der Waals surface area contributed by atoms with Gasteiger partial charge in [-0.05, 0) is 36.0 Å². The van der Waals surface area contributed by atoms with Crippen LogP contribution in [0, 0.1) is 28.1 Å². The minimum atomic E-state index is -3.75. The summed E-state index contributed by atoms with van der Waals surface area (Å²) in [7, 11) is -2.41. The van der Waals surface area contributed by atoms with E-state index < -0.39 is 15.4 Å². The van der Waals surface area contributed by atoms with Crippen molar-refractivity contribution in [3.8, 4) is 6.07 Å². The van der Waals surface area contributed by atoms with Crippen molar-refractivity contribution in [2.45, 2.75) is 25.2 Å². The van der Waals surface area contributed by atoms with E-state index >= 15 is 0 Å². The molecule has 0 radical (unpaired) electrons. The monoisotopic (exact) mass is 348 g/mol. The summed E-state index contributed by atoms with van der Waals surface area (Å²) in [6.45, 7) is 4.52. The number of rotatable bonds is 3. The molecule has 1 saturated carbocycles. The molecule has 2 fully saturated rings. The Labute approximate surface area is 142 Å². The number of hydrogen-bond donors (Lipinski definition) is 0. The number of nitrogens with zero attached hydrogens (tertiary/aromatic N) is 2. The van der Waals surface area contributed by atoms with Crippen LogP contribution in [-0.2, 0) is 19.6 Å². The van der Waals surface area contributed by atoms with Crippen molar-refractivity contribution in [2.75, 3.05) is 20.2 Å². The van der Waals surface area contributed by atoms with Crippen LogP contribution in [0.5, 0.6) is 0 Å². The number of carbonyl (C=O) groups is 1. The Bertz CT molecular complexity index is 840. The molecule has 6 nitrogen and oxygen atoms in total. The summed E-state index contributed by atoms with van der Waals surface area (Å²) in [6.07, 6.45) is 0.613. The Kier molecular flexibility index (Phi) is 3.74. The van der Waals surface area contributed by atoms with E-state index in [1.807, 2.05) is 19.9 Å². The smallest absolute Gasteiger partial charge is 0.313 e. The molecule has 1 aromatic rings. The van der Waals surface area contributed by atoms with Gasteiger partial charge >= 0.3 is 5.97 Å². The fourth-order valence-electron chi connectivity index (χ4n) is 4.39. The van der Waals surface area contributed by atoms with E-state index in [1.165, 1.54) is 23.5 Å². The standard InChI is InChI=1S/C17H20N2O4S/c1-16(2)10-17(15(20)23-3)11-19(9-14(16)17)24(21,22)13-6-4-5-12(7-13)8-18/h4-7,14H,9-11H2,1-3H3/t14-,17+/m1/s1. The molecule has 1 saturated heterocycles. The normalized spacial score (nSPS) is 28.5. The molecule has 2 aliphatic rings. The second-order valence-corrected chi connectivity index (χ2v) is 9.24. The van der Waals surface area contributed by atoms with Crippen molar-refractivity contribution in [3.63, 3.8) is 0 Å². The Balaban J connectivity index is 1.97. The van der Waals surface area contributed by atoms with E-state index in [0.29, 0.717) is 18.5 Å². The zero-order valence-electron chi connectivity index (χ0n) is 13.9. The van der Waals surface area contributed by atoms with Gasteiger partial charge < -0.3 is 4.74 Å². The first-order valence-electron chi connectivity index (χ1n) is 7.76. The number of benzene rings is 1. The quantitative estimate of drug-likeness (QED) is 0.777. The van der Waals surface area contributed by atoms with Gasteiger partial charge in [-0.15, -0.1) is 0 Å². The van der Waals surface area contributed by atoms with Crippen molar-refractivity contribution >= 4 is 16.0 Å². The third-order valence-electron chi connectivity index (χ3n) is 5.42. The molecule has 24 heavy (non-hydrogen) atoms. The summed E-state index contributed by atoms with van der Waals surface area (Å²) in [6, 6.07) is 7.91. The van der Waals surface area contributed by atoms with Crippen LogP contribution in [0.25, 0.3) is 0 Å². The fraction of sp³-hybridized carbons (Fsp3) is 0.529. The van der Waals surface area contributed by atoms with Crippen LogP contribution in [0.15, 0.2) is 29.2 Å². The highest BCUT2D eigenvalue weighted by molar-refractivity contribution is 7.89. The summed E-state index contributed by atoms with van der Waals surface area (Å²) in [5.74, 6) is -0.401. The highest BCUT2D eigenvalue weighted by Crippen LogP contribution is 2.63. The fourth-order valence-corrected chi connectivity index (χ4v) is 5.96. The number of hydrogen-bond acceptors (Lipinski definition) is 5. The molecular formula is C17H20N2O4S. The van der Waals surface area contributed by atoms with E-state index in [-0.39, 0.29) is 28.7 Å². The lowest BCUT2D eigenvalue weighted by Gasteiger charge is -2.54. The topological polar surface area (TPSA) is 87.5 Å². The molecule has 0 unspecified atom stereocenters. The largest absolute Gasteiger partial charge is 0.469 e. The third-order valence-corrected chi connectivity index (χ3v) is 7.23. The molecule has 1 aromatic carbocycles. The molecule has 0 bridgehead atoms. The molecule has 1 aliphatic heterocycles. The molecule has 0 amide bonds. The summed E-state index contributed by atoms with van der Waals surface area (Å²) in [5.41, 5.74) is -0.563. The first kappa shape index (κ1) is 16.9. The van der Waals surface area contributed by atoms with Crippen molar-refractivity contribution in [3.05, 3.63) is 29.8 Å². The van der Waals surface area contributed by atoms with Crippen LogP contribution in [0.1, 0.15) is 25.8 Å². The van der Waals surface area contributed by atoms with Crippen LogP contribution in [0.4, 0.5) is 0 Å². The summed E-state index contributed by atoms with van der Waals surface area (Å²) in [5, 5.41) is 8.98. The maximum atomic E-state index is 13.0. The highest BCUT2D eigenvalue weighted by Gasteiger charge is 2.68. The number of nitriles is 1. The summed E-state index contributed by atoms with van der Waals surface area (Å²) < 4.78 is 32.2. The van der Waals surface area contributed by atoms with Gasteiger partial charge in [0.2, 0.25) is 10.0 Å². The average Bonchev–Trinajstić information content (AvgIpc) is 2.90. The number of esters is 1. The molecule has 1 aliphatic carbocycles. The lowest BCUT2D eigenvalue weighted by molar-refractivity contribution is -0.174. The van der Waals surface area contributed by atoms with Gasteiger partial charge in [0.15, 0.2) is 0 Å². The predicted molar refractivity (Wildman–Crippen MR) is 86.3 cm³/mol. The van der Waals surface area contributed by atoms with Crippen LogP contribution >= 0.6 is 0 Å². The third kappa shape index (κ3) is 2.25. The van der Waals surface area contributed by atoms with E-state index in [4.69, 9.17) is 10.00 Å². The zero-order chi connectivity index (χ0) is 17.8. The second kappa shape index (κ2) is 5.30. The lowest BCUT2D eigenvalue weighted by Crippen LogP contribution is -2.57. The lowest BCUT2D eigenvalue weighted by atomic mass is 9.48. The van der Waals surface area contributed by atoms with E-state index in [0.717, 1.165) is 0 Å². The van der Waals surface area contributed by atoms with Crippen molar-refractivity contribution < 1.29 is 17.9 Å². The van der Waals surface area contributed by atoms with Crippen LogP contribution < -0.4 is 0 Å². The highest BCUT2D eigenvalue weighted by atomic mass is 32.2. The van der Waals surface area contributed by atoms with Gasteiger partial charge in [0.25, 0.3) is 0 Å². The Hall–Kier alpha value is -1.91. The minimum absolute atomic E-state index is 0.0635. The maximum absolute atomic E-state index is 13.0.